The zero-order chi connectivity index (χ0) is 10.5. The van der Waals surface area contributed by atoms with Gasteiger partial charge >= 0.3 is 0 Å². The topological polar surface area (TPSA) is 69.4 Å². The molecule has 2 N–H and O–H groups in total. The summed E-state index contributed by atoms with van der Waals surface area (Å²) in [5, 5.41) is 0. The Morgan fingerprint density at radius 3 is 2.38 bits per heavy atom. The zero-order valence-corrected chi connectivity index (χ0v) is 9.30. The molecule has 0 amide bonds. The van der Waals surface area contributed by atoms with Gasteiger partial charge in [0.2, 0.25) is 0 Å². The minimum Gasteiger partial charge on any atom is -0.380 e. The van der Waals surface area contributed by atoms with E-state index in [0.717, 1.165) is 0 Å². The Morgan fingerprint density at radius 2 is 2.00 bits per heavy atom. The normalized spacial score (nSPS) is 16.9. The molecule has 0 rings (SSSR count). The summed E-state index contributed by atoms with van der Waals surface area (Å²) in [6, 6.07) is -0.0771. The molecule has 0 aliphatic heterocycles. The fourth-order valence-corrected chi connectivity index (χ4v) is 1.68. The van der Waals surface area contributed by atoms with Gasteiger partial charge in [-0.05, 0) is 19.8 Å². The van der Waals surface area contributed by atoms with E-state index in [9.17, 15) is 8.42 Å². The third kappa shape index (κ3) is 6.98. The Kier molecular flexibility index (Phi) is 5.51. The molecule has 0 fully saturated rings. The summed E-state index contributed by atoms with van der Waals surface area (Å²) in [6.45, 7) is 1.88. The number of ether oxygens (including phenoxy) is 1. The number of hydrogen-bond donors (Lipinski definition) is 1. The van der Waals surface area contributed by atoms with E-state index in [1.165, 1.54) is 6.26 Å². The lowest BCUT2D eigenvalue weighted by Gasteiger charge is -2.17. The minimum atomic E-state index is -2.85. The first-order chi connectivity index (χ1) is 5.87. The lowest BCUT2D eigenvalue weighted by atomic mass is 10.1. The molecule has 80 valence electrons. The molecule has 5 heteroatoms. The fourth-order valence-electron chi connectivity index (χ4n) is 0.991. The van der Waals surface area contributed by atoms with Crippen molar-refractivity contribution >= 4 is 9.84 Å². The quantitative estimate of drug-likeness (QED) is 0.677. The lowest BCUT2D eigenvalue weighted by molar-refractivity contribution is 0.0927. The first-order valence-corrected chi connectivity index (χ1v) is 6.39. The number of hydrogen-bond acceptors (Lipinski definition) is 4. The minimum absolute atomic E-state index is 0.0143. The standard InChI is InChI=1S/C8H19NO3S/c1-7(12-2)8(9)5-4-6-13(3,10)11/h7-8H,4-6,9H2,1-3H3. The summed E-state index contributed by atoms with van der Waals surface area (Å²) >= 11 is 0. The fraction of sp³-hybridized carbons (Fsp3) is 1.00. The van der Waals surface area contributed by atoms with Gasteiger partial charge in [0.25, 0.3) is 0 Å². The van der Waals surface area contributed by atoms with Gasteiger partial charge in [0.1, 0.15) is 9.84 Å². The van der Waals surface area contributed by atoms with Gasteiger partial charge in [-0.15, -0.1) is 0 Å². The second kappa shape index (κ2) is 5.57. The smallest absolute Gasteiger partial charge is 0.147 e. The molecule has 0 aromatic carbocycles. The van der Waals surface area contributed by atoms with E-state index < -0.39 is 9.84 Å². The molecule has 0 radical (unpaired) electrons. The first kappa shape index (κ1) is 12.9. The molecule has 0 aliphatic carbocycles. The molecule has 0 aliphatic rings. The van der Waals surface area contributed by atoms with Crippen LogP contribution in [0.2, 0.25) is 0 Å². The van der Waals surface area contributed by atoms with Gasteiger partial charge in [-0.3, -0.25) is 0 Å². The molecule has 4 nitrogen and oxygen atoms in total. The SMILES string of the molecule is COC(C)C(N)CCCS(C)(=O)=O. The second-order valence-corrected chi connectivity index (χ2v) is 5.64. The highest BCUT2D eigenvalue weighted by Gasteiger charge is 2.12. The molecule has 13 heavy (non-hydrogen) atoms. The molecular weight excluding hydrogens is 190 g/mol. The Morgan fingerprint density at radius 1 is 1.46 bits per heavy atom. The van der Waals surface area contributed by atoms with E-state index in [1.807, 2.05) is 6.92 Å². The monoisotopic (exact) mass is 209 g/mol. The van der Waals surface area contributed by atoms with Crippen LogP contribution in [0.1, 0.15) is 19.8 Å². The van der Waals surface area contributed by atoms with E-state index in [2.05, 4.69) is 0 Å². The van der Waals surface area contributed by atoms with Crippen molar-refractivity contribution in [2.24, 2.45) is 5.73 Å². The molecule has 0 heterocycles. The molecule has 0 saturated heterocycles. The van der Waals surface area contributed by atoms with Crippen LogP contribution in [0.4, 0.5) is 0 Å². The Balaban J connectivity index is 3.65. The zero-order valence-electron chi connectivity index (χ0n) is 8.49. The summed E-state index contributed by atoms with van der Waals surface area (Å²) in [6.07, 6.45) is 2.51. The van der Waals surface area contributed by atoms with E-state index in [-0.39, 0.29) is 17.9 Å². The van der Waals surface area contributed by atoms with Crippen LogP contribution >= 0.6 is 0 Å². The third-order valence-corrected chi connectivity index (χ3v) is 3.06. The number of sulfone groups is 1. The number of methoxy groups -OCH3 is 1. The molecular formula is C8H19NO3S. The van der Waals surface area contributed by atoms with Crippen LogP contribution in [0.15, 0.2) is 0 Å². The van der Waals surface area contributed by atoms with Gasteiger partial charge in [-0.1, -0.05) is 0 Å². The van der Waals surface area contributed by atoms with Crippen LogP contribution in [0.5, 0.6) is 0 Å². The predicted molar refractivity (Wildman–Crippen MR) is 53.4 cm³/mol. The van der Waals surface area contributed by atoms with Gasteiger partial charge in [-0.25, -0.2) is 8.42 Å². The highest BCUT2D eigenvalue weighted by Crippen LogP contribution is 2.03. The molecule has 0 bridgehead atoms. The van der Waals surface area contributed by atoms with Crippen molar-refractivity contribution in [3.05, 3.63) is 0 Å². The van der Waals surface area contributed by atoms with Crippen molar-refractivity contribution < 1.29 is 13.2 Å². The van der Waals surface area contributed by atoms with E-state index in [1.54, 1.807) is 7.11 Å². The van der Waals surface area contributed by atoms with Crippen molar-refractivity contribution in [2.45, 2.75) is 31.9 Å². The van der Waals surface area contributed by atoms with Crippen LogP contribution in [0.3, 0.4) is 0 Å². The molecule has 0 aromatic heterocycles. The maximum Gasteiger partial charge on any atom is 0.147 e. The largest absolute Gasteiger partial charge is 0.380 e. The molecule has 0 spiro atoms. The molecule has 0 saturated carbocycles. The Bertz CT molecular complexity index is 226. The van der Waals surface area contributed by atoms with Crippen LogP contribution < -0.4 is 5.73 Å². The number of nitrogens with two attached hydrogens (primary N) is 1. The van der Waals surface area contributed by atoms with Crippen LogP contribution in [-0.2, 0) is 14.6 Å². The predicted octanol–water partition coefficient (Wildman–Crippen LogP) is 0.173. The summed E-state index contributed by atoms with van der Waals surface area (Å²) in [4.78, 5) is 0. The van der Waals surface area contributed by atoms with E-state index in [4.69, 9.17) is 10.5 Å². The van der Waals surface area contributed by atoms with Crippen molar-refractivity contribution in [3.8, 4) is 0 Å². The Labute approximate surface area is 80.4 Å². The maximum atomic E-state index is 10.8. The van der Waals surface area contributed by atoms with E-state index in [0.29, 0.717) is 12.8 Å². The van der Waals surface area contributed by atoms with Crippen molar-refractivity contribution in [1.82, 2.24) is 0 Å². The Hall–Kier alpha value is -0.130. The van der Waals surface area contributed by atoms with Gasteiger partial charge in [0.15, 0.2) is 0 Å². The van der Waals surface area contributed by atoms with Gasteiger partial charge in [-0.2, -0.15) is 0 Å². The number of rotatable bonds is 6. The average molecular weight is 209 g/mol. The van der Waals surface area contributed by atoms with Crippen molar-refractivity contribution in [2.75, 3.05) is 19.1 Å². The van der Waals surface area contributed by atoms with E-state index >= 15 is 0 Å². The van der Waals surface area contributed by atoms with Gasteiger partial charge < -0.3 is 10.5 Å². The van der Waals surface area contributed by atoms with Crippen LogP contribution in [0, 0.1) is 0 Å². The van der Waals surface area contributed by atoms with Crippen molar-refractivity contribution in [3.63, 3.8) is 0 Å². The third-order valence-electron chi connectivity index (χ3n) is 2.03. The maximum absolute atomic E-state index is 10.8. The summed E-state index contributed by atoms with van der Waals surface area (Å²) in [7, 11) is -1.25. The molecule has 2 unspecified atom stereocenters. The summed E-state index contributed by atoms with van der Waals surface area (Å²) in [5.74, 6) is 0.205. The second-order valence-electron chi connectivity index (χ2n) is 3.38. The van der Waals surface area contributed by atoms with Gasteiger partial charge in [0.05, 0.1) is 6.10 Å². The van der Waals surface area contributed by atoms with Crippen molar-refractivity contribution in [1.29, 1.82) is 0 Å². The molecule has 2 atom stereocenters. The van der Waals surface area contributed by atoms with Crippen LogP contribution in [0.25, 0.3) is 0 Å². The highest BCUT2D eigenvalue weighted by molar-refractivity contribution is 7.90. The van der Waals surface area contributed by atoms with Crippen LogP contribution in [-0.4, -0.2) is 39.7 Å². The highest BCUT2D eigenvalue weighted by atomic mass is 32.2. The molecule has 0 aromatic rings. The van der Waals surface area contributed by atoms with Gasteiger partial charge in [0, 0.05) is 25.2 Å². The summed E-state index contributed by atoms with van der Waals surface area (Å²) < 4.78 is 26.6. The summed E-state index contributed by atoms with van der Waals surface area (Å²) in [5.41, 5.74) is 5.74. The first-order valence-electron chi connectivity index (χ1n) is 4.33. The lowest BCUT2D eigenvalue weighted by Crippen LogP contribution is -2.34. The average Bonchev–Trinajstić information content (AvgIpc) is 2.00.